The van der Waals surface area contributed by atoms with Gasteiger partial charge in [-0.05, 0) is 49.7 Å². The fourth-order valence-electron chi connectivity index (χ4n) is 2.73. The van der Waals surface area contributed by atoms with Crippen LogP contribution in [0.25, 0.3) is 0 Å². The second-order valence-corrected chi connectivity index (χ2v) is 6.57. The van der Waals surface area contributed by atoms with Gasteiger partial charge in [0.05, 0.1) is 25.6 Å². The number of nitrogens with zero attached hydrogens (tertiary/aromatic N) is 2. The predicted molar refractivity (Wildman–Crippen MR) is 106 cm³/mol. The van der Waals surface area contributed by atoms with E-state index in [2.05, 4.69) is 16.7 Å². The van der Waals surface area contributed by atoms with Crippen molar-refractivity contribution in [2.45, 2.75) is 20.3 Å². The number of hydrogen-bond donors (Lipinski definition) is 2. The van der Waals surface area contributed by atoms with Gasteiger partial charge in [-0.3, -0.25) is 14.5 Å². The molecule has 0 radical (unpaired) electrons. The summed E-state index contributed by atoms with van der Waals surface area (Å²) in [5.74, 6) is -0.367. The van der Waals surface area contributed by atoms with Crippen molar-refractivity contribution in [2.24, 2.45) is 0 Å². The summed E-state index contributed by atoms with van der Waals surface area (Å²) in [5, 5.41) is 14.4. The van der Waals surface area contributed by atoms with Crippen LogP contribution in [-0.2, 0) is 16.0 Å². The Labute approximate surface area is 159 Å². The molecule has 0 aliphatic heterocycles. The number of hydrogen-bond acceptors (Lipinski definition) is 4. The van der Waals surface area contributed by atoms with E-state index in [9.17, 15) is 9.59 Å². The van der Waals surface area contributed by atoms with Crippen molar-refractivity contribution in [3.05, 3.63) is 59.2 Å². The molecule has 0 saturated carbocycles. The highest BCUT2D eigenvalue weighted by Crippen LogP contribution is 2.19. The van der Waals surface area contributed by atoms with E-state index in [0.29, 0.717) is 12.1 Å². The second kappa shape index (κ2) is 9.51. The molecule has 140 valence electrons. The van der Waals surface area contributed by atoms with Crippen LogP contribution in [0, 0.1) is 25.2 Å². The highest BCUT2D eigenvalue weighted by atomic mass is 16.2. The van der Waals surface area contributed by atoms with Crippen LogP contribution in [0.3, 0.4) is 0 Å². The molecule has 0 spiro atoms. The molecule has 0 unspecified atom stereocenters. The summed E-state index contributed by atoms with van der Waals surface area (Å²) >= 11 is 0. The third kappa shape index (κ3) is 6.24. The molecule has 0 heterocycles. The first kappa shape index (κ1) is 20.1. The molecule has 2 aromatic rings. The molecular formula is C21H24N4O2. The molecule has 0 aliphatic rings. The molecule has 0 bridgehead atoms. The molecule has 0 atom stereocenters. The van der Waals surface area contributed by atoms with Gasteiger partial charge in [0.1, 0.15) is 0 Å². The highest BCUT2D eigenvalue weighted by molar-refractivity contribution is 5.95. The number of likely N-dealkylation sites (N-methyl/N-ethyl adjacent to an activating group) is 1. The molecule has 0 fully saturated rings. The van der Waals surface area contributed by atoms with E-state index in [4.69, 9.17) is 5.26 Å². The summed E-state index contributed by atoms with van der Waals surface area (Å²) in [5.41, 5.74) is 4.39. The van der Waals surface area contributed by atoms with Gasteiger partial charge in [0.25, 0.3) is 0 Å². The van der Waals surface area contributed by atoms with Crippen molar-refractivity contribution in [3.63, 3.8) is 0 Å². The van der Waals surface area contributed by atoms with Crippen LogP contribution in [0.1, 0.15) is 16.7 Å². The van der Waals surface area contributed by atoms with Crippen molar-refractivity contribution < 1.29 is 9.59 Å². The smallest absolute Gasteiger partial charge is 0.238 e. The van der Waals surface area contributed by atoms with Crippen molar-refractivity contribution in [3.8, 4) is 6.07 Å². The summed E-state index contributed by atoms with van der Waals surface area (Å²) in [6.07, 6.45) is 0.340. The van der Waals surface area contributed by atoms with Crippen LogP contribution < -0.4 is 10.6 Å². The largest absolute Gasteiger partial charge is 0.325 e. The first-order valence-electron chi connectivity index (χ1n) is 8.69. The van der Waals surface area contributed by atoms with Gasteiger partial charge in [0, 0.05) is 11.4 Å². The van der Waals surface area contributed by atoms with Crippen molar-refractivity contribution >= 4 is 23.2 Å². The minimum Gasteiger partial charge on any atom is -0.325 e. The molecule has 0 saturated heterocycles. The van der Waals surface area contributed by atoms with Gasteiger partial charge in [-0.1, -0.05) is 30.3 Å². The number of rotatable bonds is 7. The van der Waals surface area contributed by atoms with Crippen LogP contribution in [0.15, 0.2) is 42.5 Å². The lowest BCUT2D eigenvalue weighted by molar-refractivity contribution is -0.119. The van der Waals surface area contributed by atoms with Gasteiger partial charge in [-0.25, -0.2) is 0 Å². The first-order chi connectivity index (χ1) is 12.9. The predicted octanol–water partition coefficient (Wildman–Crippen LogP) is 2.88. The molecule has 2 rings (SSSR count). The summed E-state index contributed by atoms with van der Waals surface area (Å²) in [7, 11) is 1.72. The van der Waals surface area contributed by atoms with E-state index in [1.807, 2.05) is 32.0 Å². The van der Waals surface area contributed by atoms with Crippen LogP contribution in [-0.4, -0.2) is 36.9 Å². The molecule has 0 aromatic heterocycles. The number of nitriles is 1. The van der Waals surface area contributed by atoms with E-state index in [0.717, 1.165) is 22.4 Å². The minimum absolute atomic E-state index is 0.0973. The van der Waals surface area contributed by atoms with Crippen LogP contribution in [0.2, 0.25) is 0 Å². The Balaban J connectivity index is 1.83. The van der Waals surface area contributed by atoms with E-state index < -0.39 is 0 Å². The molecule has 0 aliphatic carbocycles. The van der Waals surface area contributed by atoms with Crippen molar-refractivity contribution in [1.82, 2.24) is 4.90 Å². The van der Waals surface area contributed by atoms with Gasteiger partial charge in [-0.2, -0.15) is 5.26 Å². The number of carbonyl (C=O) groups excluding carboxylic acids is 2. The molecule has 6 heteroatoms. The van der Waals surface area contributed by atoms with Gasteiger partial charge < -0.3 is 10.6 Å². The average molecular weight is 364 g/mol. The summed E-state index contributed by atoms with van der Waals surface area (Å²) in [6, 6.07) is 15.1. The second-order valence-electron chi connectivity index (χ2n) is 6.57. The molecule has 2 aromatic carbocycles. The monoisotopic (exact) mass is 364 g/mol. The zero-order valence-electron chi connectivity index (χ0n) is 15.9. The molecular weight excluding hydrogens is 340 g/mol. The van der Waals surface area contributed by atoms with E-state index in [1.165, 1.54) is 0 Å². The maximum Gasteiger partial charge on any atom is 0.238 e. The van der Waals surface area contributed by atoms with E-state index >= 15 is 0 Å². The average Bonchev–Trinajstić information content (AvgIpc) is 2.60. The fourth-order valence-corrected chi connectivity index (χ4v) is 2.73. The third-order valence-electron chi connectivity index (χ3n) is 4.09. The number of aryl methyl sites for hydroxylation is 2. The zero-order chi connectivity index (χ0) is 19.8. The lowest BCUT2D eigenvalue weighted by Gasteiger charge is -2.17. The number of para-hydroxylation sites is 1. The number of benzene rings is 2. The maximum atomic E-state index is 12.3. The Kier molecular flexibility index (Phi) is 7.09. The maximum absolute atomic E-state index is 12.3. The quantitative estimate of drug-likeness (QED) is 0.791. The standard InChI is InChI=1S/C21H24N4O2/c1-15-5-4-6-16(2)21(15)24-20(27)14-25(3)13-19(26)23-18-9-7-17(8-10-18)11-12-22/h4-10H,11,13-14H2,1-3H3,(H,23,26)(H,24,27). The SMILES string of the molecule is Cc1cccc(C)c1NC(=O)CN(C)CC(=O)Nc1ccc(CC#N)cc1. The number of nitrogens with one attached hydrogen (secondary N) is 2. The number of anilines is 2. The summed E-state index contributed by atoms with van der Waals surface area (Å²) in [6.45, 7) is 4.10. The Bertz CT molecular complexity index is 833. The number of carbonyl (C=O) groups is 2. The lowest BCUT2D eigenvalue weighted by Crippen LogP contribution is -2.36. The Morgan fingerprint density at radius 2 is 1.52 bits per heavy atom. The molecule has 2 N–H and O–H groups in total. The molecule has 6 nitrogen and oxygen atoms in total. The van der Waals surface area contributed by atoms with Gasteiger partial charge >= 0.3 is 0 Å². The number of amides is 2. The van der Waals surface area contributed by atoms with Gasteiger partial charge in [0.2, 0.25) is 11.8 Å². The van der Waals surface area contributed by atoms with E-state index in [-0.39, 0.29) is 24.9 Å². The topological polar surface area (TPSA) is 85.2 Å². The third-order valence-corrected chi connectivity index (χ3v) is 4.09. The zero-order valence-corrected chi connectivity index (χ0v) is 15.9. The molecule has 27 heavy (non-hydrogen) atoms. The first-order valence-corrected chi connectivity index (χ1v) is 8.69. The van der Waals surface area contributed by atoms with Crippen LogP contribution in [0.4, 0.5) is 11.4 Å². The van der Waals surface area contributed by atoms with Crippen molar-refractivity contribution in [1.29, 1.82) is 5.26 Å². The molecule has 2 amide bonds. The summed E-state index contributed by atoms with van der Waals surface area (Å²) < 4.78 is 0. The fraction of sp³-hybridized carbons (Fsp3) is 0.286. The Morgan fingerprint density at radius 1 is 0.963 bits per heavy atom. The normalized spacial score (nSPS) is 10.3. The minimum atomic E-state index is -0.203. The highest BCUT2D eigenvalue weighted by Gasteiger charge is 2.13. The summed E-state index contributed by atoms with van der Waals surface area (Å²) in [4.78, 5) is 26.1. The van der Waals surface area contributed by atoms with Crippen molar-refractivity contribution in [2.75, 3.05) is 30.8 Å². The van der Waals surface area contributed by atoms with Gasteiger partial charge in [-0.15, -0.1) is 0 Å². The van der Waals surface area contributed by atoms with Crippen LogP contribution >= 0.6 is 0 Å². The van der Waals surface area contributed by atoms with Crippen LogP contribution in [0.5, 0.6) is 0 Å². The van der Waals surface area contributed by atoms with Gasteiger partial charge in [0.15, 0.2) is 0 Å². The Hall–Kier alpha value is -3.17. The lowest BCUT2D eigenvalue weighted by atomic mass is 10.1. The Morgan fingerprint density at radius 3 is 2.07 bits per heavy atom. The van der Waals surface area contributed by atoms with E-state index in [1.54, 1.807) is 36.2 Å².